The highest BCUT2D eigenvalue weighted by atomic mass is 16.5. The van der Waals surface area contributed by atoms with E-state index in [1.54, 1.807) is 0 Å². The van der Waals surface area contributed by atoms with E-state index < -0.39 is 0 Å². The van der Waals surface area contributed by atoms with Crippen LogP contribution in [0.3, 0.4) is 0 Å². The average Bonchev–Trinajstić information content (AvgIpc) is 2.92. The molecule has 0 radical (unpaired) electrons. The molecule has 0 saturated carbocycles. The van der Waals surface area contributed by atoms with Crippen molar-refractivity contribution in [2.24, 2.45) is 5.92 Å². The normalized spacial score (nSPS) is 12.0. The summed E-state index contributed by atoms with van der Waals surface area (Å²) in [5.74, 6) is 0.122. The van der Waals surface area contributed by atoms with E-state index in [-0.39, 0.29) is 17.9 Å². The Hall–Kier alpha value is -1.06. The second-order valence-corrected chi connectivity index (χ2v) is 11.5. The van der Waals surface area contributed by atoms with Crippen LogP contribution in [0.2, 0.25) is 0 Å². The molecule has 0 fully saturated rings. The Morgan fingerprint density at radius 1 is 0.474 bits per heavy atom. The van der Waals surface area contributed by atoms with Crippen molar-refractivity contribution in [1.82, 2.24) is 0 Å². The van der Waals surface area contributed by atoms with Gasteiger partial charge in [0, 0.05) is 6.42 Å². The third kappa shape index (κ3) is 26.5. The molecule has 0 N–H and O–H groups in total. The van der Waals surface area contributed by atoms with Crippen LogP contribution in [-0.4, -0.2) is 25.2 Å². The van der Waals surface area contributed by atoms with Gasteiger partial charge in [-0.05, 0) is 32.1 Å². The number of rotatable bonds is 30. The minimum absolute atomic E-state index is 0.00567. The molecule has 0 spiro atoms. The summed E-state index contributed by atoms with van der Waals surface area (Å²) in [7, 11) is 0. The number of esters is 2. The molecule has 0 aromatic rings. The SMILES string of the molecule is CCCCCCCCOC(=O)CCCCCCCCCCCCCC(CC)C(=O)OCCCCCCCC. The van der Waals surface area contributed by atoms with Gasteiger partial charge in [-0.25, -0.2) is 0 Å². The van der Waals surface area contributed by atoms with Crippen LogP contribution in [0.5, 0.6) is 0 Å². The first-order valence-corrected chi connectivity index (χ1v) is 17.0. The van der Waals surface area contributed by atoms with E-state index in [0.29, 0.717) is 19.6 Å². The van der Waals surface area contributed by atoms with Crippen LogP contribution in [0.1, 0.15) is 188 Å². The molecule has 38 heavy (non-hydrogen) atoms. The molecule has 1 unspecified atom stereocenters. The molecular formula is C34H66O4. The third-order valence-electron chi connectivity index (χ3n) is 7.76. The van der Waals surface area contributed by atoms with Gasteiger partial charge in [0.1, 0.15) is 0 Å². The lowest BCUT2D eigenvalue weighted by molar-refractivity contribution is -0.149. The summed E-state index contributed by atoms with van der Waals surface area (Å²) < 4.78 is 10.9. The van der Waals surface area contributed by atoms with Crippen molar-refractivity contribution in [2.75, 3.05) is 13.2 Å². The first-order valence-electron chi connectivity index (χ1n) is 17.0. The first-order chi connectivity index (χ1) is 18.7. The Morgan fingerprint density at radius 2 is 0.868 bits per heavy atom. The van der Waals surface area contributed by atoms with Crippen molar-refractivity contribution in [3.8, 4) is 0 Å². The molecule has 0 saturated heterocycles. The predicted octanol–water partition coefficient (Wildman–Crippen LogP) is 10.9. The van der Waals surface area contributed by atoms with Crippen LogP contribution in [0.4, 0.5) is 0 Å². The van der Waals surface area contributed by atoms with Gasteiger partial charge in [-0.15, -0.1) is 0 Å². The molecular weight excluding hydrogens is 472 g/mol. The van der Waals surface area contributed by atoms with Crippen LogP contribution in [0.15, 0.2) is 0 Å². The van der Waals surface area contributed by atoms with Crippen molar-refractivity contribution in [2.45, 2.75) is 188 Å². The van der Waals surface area contributed by atoms with Crippen LogP contribution >= 0.6 is 0 Å². The fourth-order valence-electron chi connectivity index (χ4n) is 5.05. The smallest absolute Gasteiger partial charge is 0.308 e. The summed E-state index contributed by atoms with van der Waals surface area (Å²) in [6.07, 6.45) is 30.7. The Bertz CT molecular complexity index is 505. The number of carbonyl (C=O) groups is 2. The molecule has 0 amide bonds. The van der Waals surface area contributed by atoms with E-state index >= 15 is 0 Å². The second-order valence-electron chi connectivity index (χ2n) is 11.5. The van der Waals surface area contributed by atoms with Gasteiger partial charge >= 0.3 is 11.9 Å². The van der Waals surface area contributed by atoms with Gasteiger partial charge in [-0.3, -0.25) is 9.59 Å². The molecule has 4 heteroatoms. The lowest BCUT2D eigenvalue weighted by Gasteiger charge is -2.14. The summed E-state index contributed by atoms with van der Waals surface area (Å²) in [5, 5.41) is 0. The van der Waals surface area contributed by atoms with Gasteiger partial charge in [0.25, 0.3) is 0 Å². The van der Waals surface area contributed by atoms with Crippen LogP contribution in [-0.2, 0) is 19.1 Å². The number of hydrogen-bond donors (Lipinski definition) is 0. The maximum Gasteiger partial charge on any atom is 0.308 e. The molecule has 0 aliphatic heterocycles. The van der Waals surface area contributed by atoms with Crippen molar-refractivity contribution < 1.29 is 19.1 Å². The molecule has 1 atom stereocenters. The lowest BCUT2D eigenvalue weighted by Crippen LogP contribution is -2.17. The number of ether oxygens (including phenoxy) is 2. The van der Waals surface area contributed by atoms with E-state index in [0.717, 1.165) is 44.9 Å². The molecule has 4 nitrogen and oxygen atoms in total. The van der Waals surface area contributed by atoms with Gasteiger partial charge in [-0.1, -0.05) is 149 Å². The highest BCUT2D eigenvalue weighted by molar-refractivity contribution is 5.72. The zero-order chi connectivity index (χ0) is 27.9. The maximum absolute atomic E-state index is 12.3. The lowest BCUT2D eigenvalue weighted by atomic mass is 9.97. The standard InChI is InChI=1S/C34H66O4/c1-4-7-9-11-22-26-30-37-33(35)29-25-21-19-17-15-13-14-16-18-20-24-28-32(6-3)34(36)38-31-27-23-12-10-8-5-2/h32H,4-31H2,1-3H3. The van der Waals surface area contributed by atoms with E-state index in [9.17, 15) is 9.59 Å². The fourth-order valence-corrected chi connectivity index (χ4v) is 5.05. The summed E-state index contributed by atoms with van der Waals surface area (Å²) >= 11 is 0. The van der Waals surface area contributed by atoms with E-state index in [4.69, 9.17) is 9.47 Å². The number of carbonyl (C=O) groups excluding carboxylic acids is 2. The Balaban J connectivity index is 3.41. The molecule has 0 aromatic heterocycles. The second kappa shape index (κ2) is 30.5. The van der Waals surface area contributed by atoms with Crippen molar-refractivity contribution in [1.29, 1.82) is 0 Å². The molecule has 0 rings (SSSR count). The number of hydrogen-bond acceptors (Lipinski definition) is 4. The summed E-state index contributed by atoms with van der Waals surface area (Å²) in [6.45, 7) is 7.79. The topological polar surface area (TPSA) is 52.6 Å². The highest BCUT2D eigenvalue weighted by Crippen LogP contribution is 2.18. The van der Waals surface area contributed by atoms with Crippen LogP contribution in [0, 0.1) is 5.92 Å². The first kappa shape index (κ1) is 36.9. The average molecular weight is 539 g/mol. The van der Waals surface area contributed by atoms with E-state index in [1.165, 1.54) is 116 Å². The summed E-state index contributed by atoms with van der Waals surface area (Å²) in [6, 6.07) is 0. The molecule has 0 aliphatic carbocycles. The minimum Gasteiger partial charge on any atom is -0.466 e. The minimum atomic E-state index is -0.00567. The van der Waals surface area contributed by atoms with E-state index in [1.807, 2.05) is 0 Å². The number of unbranched alkanes of at least 4 members (excludes halogenated alkanes) is 20. The molecule has 0 heterocycles. The molecule has 0 aliphatic rings. The largest absolute Gasteiger partial charge is 0.466 e. The van der Waals surface area contributed by atoms with Gasteiger partial charge in [-0.2, -0.15) is 0 Å². The van der Waals surface area contributed by atoms with Gasteiger partial charge in [0.2, 0.25) is 0 Å². The van der Waals surface area contributed by atoms with Crippen LogP contribution in [0.25, 0.3) is 0 Å². The fraction of sp³-hybridized carbons (Fsp3) is 0.941. The zero-order valence-electron chi connectivity index (χ0n) is 26.0. The van der Waals surface area contributed by atoms with Crippen LogP contribution < -0.4 is 0 Å². The summed E-state index contributed by atoms with van der Waals surface area (Å²) in [4.78, 5) is 24.1. The van der Waals surface area contributed by atoms with Gasteiger partial charge < -0.3 is 9.47 Å². The maximum atomic E-state index is 12.3. The molecule has 226 valence electrons. The highest BCUT2D eigenvalue weighted by Gasteiger charge is 2.17. The van der Waals surface area contributed by atoms with E-state index in [2.05, 4.69) is 20.8 Å². The Kier molecular flexibility index (Phi) is 29.6. The summed E-state index contributed by atoms with van der Waals surface area (Å²) in [5.41, 5.74) is 0. The van der Waals surface area contributed by atoms with Crippen molar-refractivity contribution in [3.63, 3.8) is 0 Å². The van der Waals surface area contributed by atoms with Crippen molar-refractivity contribution >= 4 is 11.9 Å². The zero-order valence-corrected chi connectivity index (χ0v) is 26.0. The van der Waals surface area contributed by atoms with Gasteiger partial charge in [0.05, 0.1) is 19.1 Å². The monoisotopic (exact) mass is 538 g/mol. The predicted molar refractivity (Wildman–Crippen MR) is 162 cm³/mol. The Labute approximate surface area is 237 Å². The molecule has 0 aromatic carbocycles. The Morgan fingerprint density at radius 3 is 1.34 bits per heavy atom. The van der Waals surface area contributed by atoms with Gasteiger partial charge in [0.15, 0.2) is 0 Å². The quantitative estimate of drug-likeness (QED) is 0.0674. The molecule has 0 bridgehead atoms. The third-order valence-corrected chi connectivity index (χ3v) is 7.76. The van der Waals surface area contributed by atoms with Crippen molar-refractivity contribution in [3.05, 3.63) is 0 Å².